The molecule has 0 aromatic carbocycles. The van der Waals surface area contributed by atoms with Gasteiger partial charge in [-0.3, -0.25) is 9.88 Å². The maximum Gasteiger partial charge on any atom is 0.137 e. The molecule has 2 heterocycles. The Morgan fingerprint density at radius 2 is 1.94 bits per heavy atom. The molecule has 0 saturated carbocycles. The van der Waals surface area contributed by atoms with E-state index in [1.165, 1.54) is 32.4 Å². The van der Waals surface area contributed by atoms with Crippen molar-refractivity contribution in [2.45, 2.75) is 53.2 Å². The molecule has 1 aliphatic heterocycles. The van der Waals surface area contributed by atoms with Gasteiger partial charge in [0, 0.05) is 6.54 Å². The molecule has 0 N–H and O–H groups in total. The maximum atomic E-state index is 5.58. The Kier molecular flexibility index (Phi) is 6.13. The Morgan fingerprint density at radius 3 is 2.50 bits per heavy atom. The molecule has 0 spiro atoms. The van der Waals surface area contributed by atoms with E-state index in [9.17, 15) is 0 Å². The first-order valence-electron chi connectivity index (χ1n) is 6.58. The number of hydrogen-bond acceptors (Lipinski definition) is 3. The summed E-state index contributed by atoms with van der Waals surface area (Å²) in [5.74, 6) is 0.863. The minimum atomic E-state index is 0. The van der Waals surface area contributed by atoms with Gasteiger partial charge >= 0.3 is 0 Å². The summed E-state index contributed by atoms with van der Waals surface area (Å²) in [5.41, 5.74) is 1.14. The highest BCUT2D eigenvalue weighted by atomic mass is 16.5. The van der Waals surface area contributed by atoms with E-state index < -0.39 is 0 Å². The van der Waals surface area contributed by atoms with E-state index in [4.69, 9.17) is 4.74 Å². The summed E-state index contributed by atoms with van der Waals surface area (Å²) < 4.78 is 5.58. The van der Waals surface area contributed by atoms with Crippen LogP contribution in [-0.4, -0.2) is 29.1 Å². The lowest BCUT2D eigenvalue weighted by Gasteiger charge is -2.25. The zero-order valence-corrected chi connectivity index (χ0v) is 10.9. The monoisotopic (exact) mass is 250 g/mol. The fourth-order valence-corrected chi connectivity index (χ4v) is 2.19. The lowest BCUT2D eigenvalue weighted by Crippen LogP contribution is -2.29. The van der Waals surface area contributed by atoms with E-state index in [1.54, 1.807) is 0 Å². The number of aromatic nitrogens is 1. The van der Waals surface area contributed by atoms with Gasteiger partial charge in [-0.2, -0.15) is 0 Å². The predicted octanol–water partition coefficient (Wildman–Crippen LogP) is 3.49. The van der Waals surface area contributed by atoms with Crippen molar-refractivity contribution in [3.63, 3.8) is 0 Å². The van der Waals surface area contributed by atoms with Crippen molar-refractivity contribution in [2.75, 3.05) is 13.1 Å². The van der Waals surface area contributed by atoms with Gasteiger partial charge in [-0.05, 0) is 51.9 Å². The average Bonchev–Trinajstić information content (AvgIpc) is 2.32. The normalized spacial score (nSPS) is 16.4. The van der Waals surface area contributed by atoms with Gasteiger partial charge in [0.2, 0.25) is 0 Å². The number of piperidine rings is 1. The molecule has 0 atom stereocenters. The van der Waals surface area contributed by atoms with E-state index in [0.29, 0.717) is 0 Å². The average molecular weight is 250 g/mol. The molecule has 1 saturated heterocycles. The highest BCUT2D eigenvalue weighted by Crippen LogP contribution is 2.15. The van der Waals surface area contributed by atoms with Crippen molar-refractivity contribution in [3.05, 3.63) is 24.0 Å². The Labute approximate surface area is 111 Å². The minimum absolute atomic E-state index is 0. The van der Waals surface area contributed by atoms with Crippen molar-refractivity contribution in [1.29, 1.82) is 0 Å². The first-order chi connectivity index (χ1) is 8.24. The third-order valence-electron chi connectivity index (χ3n) is 3.00. The van der Waals surface area contributed by atoms with Gasteiger partial charge in [-0.15, -0.1) is 0 Å². The van der Waals surface area contributed by atoms with E-state index in [0.717, 1.165) is 18.0 Å². The fraction of sp³-hybridized carbons (Fsp3) is 0.667. The lowest BCUT2D eigenvalue weighted by atomic mass is 10.1. The smallest absolute Gasteiger partial charge is 0.137 e. The highest BCUT2D eigenvalue weighted by molar-refractivity contribution is 5.20. The van der Waals surface area contributed by atoms with Gasteiger partial charge in [0.1, 0.15) is 5.75 Å². The SMILES string of the molecule is C.CC(C)Oc1ccc(CN2CCCCC2)nc1. The number of pyridine rings is 1. The highest BCUT2D eigenvalue weighted by Gasteiger charge is 2.10. The molecule has 0 bridgehead atoms. The van der Waals surface area contributed by atoms with Crippen LogP contribution in [0, 0.1) is 0 Å². The van der Waals surface area contributed by atoms with Crippen molar-refractivity contribution in [3.8, 4) is 5.75 Å². The van der Waals surface area contributed by atoms with Crippen LogP contribution in [0.15, 0.2) is 18.3 Å². The summed E-state index contributed by atoms with van der Waals surface area (Å²) in [6.45, 7) is 7.46. The number of nitrogens with zero attached hydrogens (tertiary/aromatic N) is 2. The van der Waals surface area contributed by atoms with Gasteiger partial charge in [0.05, 0.1) is 18.0 Å². The summed E-state index contributed by atoms with van der Waals surface area (Å²) in [5, 5.41) is 0. The molecule has 1 aliphatic rings. The Hall–Kier alpha value is -1.09. The second-order valence-electron chi connectivity index (χ2n) is 4.99. The molecule has 18 heavy (non-hydrogen) atoms. The molecule has 1 aromatic rings. The standard InChI is InChI=1S/C14H22N2O.CH4/c1-12(2)17-14-7-6-13(15-10-14)11-16-8-4-3-5-9-16;/h6-7,10,12H,3-5,8-9,11H2,1-2H3;1H4. The van der Waals surface area contributed by atoms with Crippen LogP contribution in [0.25, 0.3) is 0 Å². The summed E-state index contributed by atoms with van der Waals surface area (Å²) in [6.07, 6.45) is 6.08. The molecular weight excluding hydrogens is 224 g/mol. The topological polar surface area (TPSA) is 25.4 Å². The molecule has 102 valence electrons. The summed E-state index contributed by atoms with van der Waals surface area (Å²) >= 11 is 0. The molecule has 0 radical (unpaired) electrons. The quantitative estimate of drug-likeness (QED) is 0.818. The molecule has 2 rings (SSSR count). The first kappa shape index (κ1) is 15.0. The van der Waals surface area contributed by atoms with E-state index in [1.807, 2.05) is 26.1 Å². The van der Waals surface area contributed by atoms with E-state index in [2.05, 4.69) is 16.0 Å². The van der Waals surface area contributed by atoms with Gasteiger partial charge < -0.3 is 4.74 Å². The molecule has 0 amide bonds. The molecular formula is C15H26N2O. The molecule has 3 nitrogen and oxygen atoms in total. The number of likely N-dealkylation sites (tertiary alicyclic amines) is 1. The third kappa shape index (κ3) is 4.65. The largest absolute Gasteiger partial charge is 0.489 e. The second kappa shape index (κ2) is 7.37. The zero-order chi connectivity index (χ0) is 12.1. The van der Waals surface area contributed by atoms with Crippen LogP contribution < -0.4 is 4.74 Å². The third-order valence-corrected chi connectivity index (χ3v) is 3.00. The molecule has 0 unspecified atom stereocenters. The molecule has 1 fully saturated rings. The number of rotatable bonds is 4. The second-order valence-corrected chi connectivity index (χ2v) is 4.99. The summed E-state index contributed by atoms with van der Waals surface area (Å²) in [4.78, 5) is 6.94. The van der Waals surface area contributed by atoms with Crippen LogP contribution in [0.2, 0.25) is 0 Å². The van der Waals surface area contributed by atoms with E-state index in [-0.39, 0.29) is 13.5 Å². The Morgan fingerprint density at radius 1 is 1.22 bits per heavy atom. The molecule has 0 aliphatic carbocycles. The van der Waals surface area contributed by atoms with Crippen LogP contribution in [-0.2, 0) is 6.54 Å². The van der Waals surface area contributed by atoms with Crippen LogP contribution in [0.5, 0.6) is 5.75 Å². The Bertz CT molecular complexity index is 329. The maximum absolute atomic E-state index is 5.58. The first-order valence-corrected chi connectivity index (χ1v) is 6.58. The van der Waals surface area contributed by atoms with Gasteiger partial charge in [0.15, 0.2) is 0 Å². The van der Waals surface area contributed by atoms with Crippen LogP contribution in [0.4, 0.5) is 0 Å². The van der Waals surface area contributed by atoms with E-state index >= 15 is 0 Å². The number of hydrogen-bond donors (Lipinski definition) is 0. The molecule has 1 aromatic heterocycles. The van der Waals surface area contributed by atoms with Crippen molar-refractivity contribution < 1.29 is 4.74 Å². The lowest BCUT2D eigenvalue weighted by molar-refractivity contribution is 0.217. The van der Waals surface area contributed by atoms with Gasteiger partial charge in [-0.1, -0.05) is 13.8 Å². The van der Waals surface area contributed by atoms with Crippen molar-refractivity contribution in [1.82, 2.24) is 9.88 Å². The van der Waals surface area contributed by atoms with Crippen molar-refractivity contribution >= 4 is 0 Å². The van der Waals surface area contributed by atoms with Crippen LogP contribution in [0.1, 0.15) is 46.2 Å². The van der Waals surface area contributed by atoms with Crippen LogP contribution in [0.3, 0.4) is 0 Å². The van der Waals surface area contributed by atoms with Gasteiger partial charge in [-0.25, -0.2) is 0 Å². The van der Waals surface area contributed by atoms with Crippen molar-refractivity contribution in [2.24, 2.45) is 0 Å². The Balaban J connectivity index is 0.00000162. The summed E-state index contributed by atoms with van der Waals surface area (Å²) in [7, 11) is 0. The number of ether oxygens (including phenoxy) is 1. The fourth-order valence-electron chi connectivity index (χ4n) is 2.19. The predicted molar refractivity (Wildman–Crippen MR) is 75.9 cm³/mol. The van der Waals surface area contributed by atoms with Gasteiger partial charge in [0.25, 0.3) is 0 Å². The molecule has 3 heteroatoms. The zero-order valence-electron chi connectivity index (χ0n) is 10.9. The summed E-state index contributed by atoms with van der Waals surface area (Å²) in [6, 6.07) is 4.10. The van der Waals surface area contributed by atoms with Crippen LogP contribution >= 0.6 is 0 Å². The minimum Gasteiger partial charge on any atom is -0.489 e.